The largest absolute Gasteiger partial charge is 0.493 e. The lowest BCUT2D eigenvalue weighted by atomic mass is 9.91. The Balaban J connectivity index is 1.82. The second-order valence-electron chi connectivity index (χ2n) is 5.64. The number of nitrogens with one attached hydrogen (secondary N) is 2. The van der Waals surface area contributed by atoms with E-state index >= 15 is 0 Å². The number of rotatable bonds is 3. The molecule has 0 amide bonds. The zero-order valence-electron chi connectivity index (χ0n) is 11.7. The number of hydrogen-bond acceptors (Lipinski definition) is 3. The van der Waals surface area contributed by atoms with E-state index in [0.717, 1.165) is 31.7 Å². The van der Waals surface area contributed by atoms with Gasteiger partial charge in [0.05, 0.1) is 6.61 Å². The molecule has 0 saturated carbocycles. The van der Waals surface area contributed by atoms with Gasteiger partial charge in [-0.2, -0.15) is 0 Å². The molecule has 2 heterocycles. The van der Waals surface area contributed by atoms with Crippen molar-refractivity contribution >= 4 is 0 Å². The summed E-state index contributed by atoms with van der Waals surface area (Å²) < 4.78 is 5.70. The number of ether oxygens (including phenoxy) is 1. The van der Waals surface area contributed by atoms with Crippen molar-refractivity contribution in [3.05, 3.63) is 29.3 Å². The van der Waals surface area contributed by atoms with Crippen LogP contribution in [0.5, 0.6) is 5.75 Å². The van der Waals surface area contributed by atoms with Crippen molar-refractivity contribution in [1.82, 2.24) is 10.6 Å². The summed E-state index contributed by atoms with van der Waals surface area (Å²) in [5.74, 6) is 1.08. The summed E-state index contributed by atoms with van der Waals surface area (Å²) in [5, 5.41) is 7.15. The van der Waals surface area contributed by atoms with Gasteiger partial charge >= 0.3 is 0 Å². The van der Waals surface area contributed by atoms with E-state index in [4.69, 9.17) is 4.74 Å². The van der Waals surface area contributed by atoms with Gasteiger partial charge in [0.2, 0.25) is 0 Å². The minimum atomic E-state index is 0.410. The number of benzene rings is 1. The van der Waals surface area contributed by atoms with Gasteiger partial charge in [-0.25, -0.2) is 0 Å². The van der Waals surface area contributed by atoms with Crippen molar-refractivity contribution in [2.45, 2.75) is 44.2 Å². The molecule has 1 saturated heterocycles. The molecule has 3 heteroatoms. The standard InChI is InChI=1S/C16H24N2O/c1-17-16(14-6-2-3-9-18-14)13-7-8-15-12(11-13)5-4-10-19-15/h7-8,11,14,16-18H,2-6,9-10H2,1H3. The highest BCUT2D eigenvalue weighted by Gasteiger charge is 2.24. The molecule has 1 fully saturated rings. The molecule has 19 heavy (non-hydrogen) atoms. The average molecular weight is 260 g/mol. The van der Waals surface area contributed by atoms with Gasteiger partial charge in [-0.15, -0.1) is 0 Å². The van der Waals surface area contributed by atoms with Crippen molar-refractivity contribution in [2.75, 3.05) is 20.2 Å². The number of aryl methyl sites for hydroxylation is 1. The maximum Gasteiger partial charge on any atom is 0.122 e. The minimum Gasteiger partial charge on any atom is -0.493 e. The molecule has 2 N–H and O–H groups in total. The van der Waals surface area contributed by atoms with Crippen LogP contribution in [0.3, 0.4) is 0 Å². The second-order valence-corrected chi connectivity index (χ2v) is 5.64. The highest BCUT2D eigenvalue weighted by atomic mass is 16.5. The Morgan fingerprint density at radius 1 is 1.32 bits per heavy atom. The molecule has 2 unspecified atom stereocenters. The zero-order valence-corrected chi connectivity index (χ0v) is 11.7. The molecule has 0 spiro atoms. The first-order valence-corrected chi connectivity index (χ1v) is 7.55. The lowest BCUT2D eigenvalue weighted by molar-refractivity contribution is 0.287. The summed E-state index contributed by atoms with van der Waals surface area (Å²) in [6.45, 7) is 2.02. The molecule has 2 aliphatic rings. The highest BCUT2D eigenvalue weighted by Crippen LogP contribution is 2.30. The van der Waals surface area contributed by atoms with Crippen LogP contribution in [-0.4, -0.2) is 26.2 Å². The third kappa shape index (κ3) is 2.77. The van der Waals surface area contributed by atoms with Crippen LogP contribution in [0.15, 0.2) is 18.2 Å². The molecule has 2 aliphatic heterocycles. The molecule has 104 valence electrons. The van der Waals surface area contributed by atoms with Gasteiger partial charge in [-0.05, 0) is 56.5 Å². The summed E-state index contributed by atoms with van der Waals surface area (Å²) in [4.78, 5) is 0. The molecule has 3 nitrogen and oxygen atoms in total. The van der Waals surface area contributed by atoms with Crippen LogP contribution in [0.25, 0.3) is 0 Å². The van der Waals surface area contributed by atoms with Crippen molar-refractivity contribution < 1.29 is 4.74 Å². The van der Waals surface area contributed by atoms with Crippen LogP contribution in [0.2, 0.25) is 0 Å². The highest BCUT2D eigenvalue weighted by molar-refractivity contribution is 5.40. The smallest absolute Gasteiger partial charge is 0.122 e. The topological polar surface area (TPSA) is 33.3 Å². The van der Waals surface area contributed by atoms with Crippen LogP contribution in [0, 0.1) is 0 Å². The van der Waals surface area contributed by atoms with E-state index in [1.807, 2.05) is 0 Å². The summed E-state index contributed by atoms with van der Waals surface area (Å²) >= 11 is 0. The summed E-state index contributed by atoms with van der Waals surface area (Å²) in [7, 11) is 2.07. The van der Waals surface area contributed by atoms with E-state index in [2.05, 4.69) is 35.9 Å². The quantitative estimate of drug-likeness (QED) is 0.875. The SMILES string of the molecule is CNC(c1ccc2c(c1)CCCO2)C1CCCCN1. The van der Waals surface area contributed by atoms with E-state index in [1.165, 1.54) is 30.4 Å². The fourth-order valence-corrected chi connectivity index (χ4v) is 3.34. The number of fused-ring (bicyclic) bond motifs is 1. The van der Waals surface area contributed by atoms with Crippen molar-refractivity contribution in [1.29, 1.82) is 0 Å². The summed E-state index contributed by atoms with van der Waals surface area (Å²) in [6, 6.07) is 7.68. The Labute approximate surface area is 115 Å². The van der Waals surface area contributed by atoms with E-state index in [9.17, 15) is 0 Å². The van der Waals surface area contributed by atoms with Gasteiger partial charge in [-0.3, -0.25) is 0 Å². The average Bonchev–Trinajstić information content (AvgIpc) is 2.49. The molecular weight excluding hydrogens is 236 g/mol. The first kappa shape index (κ1) is 12.9. The molecule has 0 radical (unpaired) electrons. The number of piperidine rings is 1. The molecule has 3 rings (SSSR count). The Morgan fingerprint density at radius 2 is 2.26 bits per heavy atom. The van der Waals surface area contributed by atoms with Crippen LogP contribution in [-0.2, 0) is 6.42 Å². The van der Waals surface area contributed by atoms with E-state index in [1.54, 1.807) is 0 Å². The van der Waals surface area contributed by atoms with Gasteiger partial charge in [-0.1, -0.05) is 18.6 Å². The monoisotopic (exact) mass is 260 g/mol. The number of hydrogen-bond donors (Lipinski definition) is 2. The van der Waals surface area contributed by atoms with Crippen LogP contribution in [0.1, 0.15) is 42.9 Å². The maximum atomic E-state index is 5.70. The van der Waals surface area contributed by atoms with Crippen molar-refractivity contribution in [3.8, 4) is 5.75 Å². The summed E-state index contributed by atoms with van der Waals surface area (Å²) in [5.41, 5.74) is 2.77. The Bertz CT molecular complexity index is 427. The molecule has 0 aromatic heterocycles. The lowest BCUT2D eigenvalue weighted by Crippen LogP contribution is -2.43. The van der Waals surface area contributed by atoms with Crippen molar-refractivity contribution in [3.63, 3.8) is 0 Å². The Morgan fingerprint density at radius 3 is 3.05 bits per heavy atom. The number of likely N-dealkylation sites (N-methyl/N-ethyl adjacent to an activating group) is 1. The lowest BCUT2D eigenvalue weighted by Gasteiger charge is -2.32. The third-order valence-corrected chi connectivity index (χ3v) is 4.35. The van der Waals surface area contributed by atoms with E-state index in [0.29, 0.717) is 12.1 Å². The summed E-state index contributed by atoms with van der Waals surface area (Å²) in [6.07, 6.45) is 6.20. The van der Waals surface area contributed by atoms with E-state index < -0.39 is 0 Å². The molecule has 0 bridgehead atoms. The fourth-order valence-electron chi connectivity index (χ4n) is 3.34. The van der Waals surface area contributed by atoms with Crippen LogP contribution < -0.4 is 15.4 Å². The van der Waals surface area contributed by atoms with E-state index in [-0.39, 0.29) is 0 Å². The maximum absolute atomic E-state index is 5.70. The molecular formula is C16H24N2O. The molecule has 1 aromatic carbocycles. The zero-order chi connectivity index (χ0) is 13.1. The van der Waals surface area contributed by atoms with Gasteiger partial charge in [0.1, 0.15) is 5.75 Å². The van der Waals surface area contributed by atoms with Gasteiger partial charge in [0.25, 0.3) is 0 Å². The fraction of sp³-hybridized carbons (Fsp3) is 0.625. The molecule has 0 aliphatic carbocycles. The van der Waals surface area contributed by atoms with Crippen LogP contribution in [0.4, 0.5) is 0 Å². The Hall–Kier alpha value is -1.06. The first-order valence-electron chi connectivity index (χ1n) is 7.55. The molecule has 1 aromatic rings. The molecule has 2 atom stereocenters. The predicted octanol–water partition coefficient (Wildman–Crippen LogP) is 2.41. The van der Waals surface area contributed by atoms with Gasteiger partial charge in [0.15, 0.2) is 0 Å². The van der Waals surface area contributed by atoms with Gasteiger partial charge in [0, 0.05) is 12.1 Å². The van der Waals surface area contributed by atoms with Crippen molar-refractivity contribution in [2.24, 2.45) is 0 Å². The minimum absolute atomic E-state index is 0.410. The first-order chi connectivity index (χ1) is 9.38. The predicted molar refractivity (Wildman–Crippen MR) is 77.7 cm³/mol. The third-order valence-electron chi connectivity index (χ3n) is 4.35. The van der Waals surface area contributed by atoms with Gasteiger partial charge < -0.3 is 15.4 Å². The normalized spacial score (nSPS) is 24.4. The Kier molecular flexibility index (Phi) is 4.04. The van der Waals surface area contributed by atoms with Crippen LogP contribution >= 0.6 is 0 Å². The second kappa shape index (κ2) is 5.93.